The number of hydrogen-bond acceptors (Lipinski definition) is 3. The molecule has 2 aromatic carbocycles. The molecule has 0 aromatic heterocycles. The maximum absolute atomic E-state index is 13.0. The zero-order valence-corrected chi connectivity index (χ0v) is 18.1. The van der Waals surface area contributed by atoms with Crippen LogP contribution in [0.25, 0.3) is 0 Å². The molecule has 0 saturated carbocycles. The van der Waals surface area contributed by atoms with Crippen molar-refractivity contribution in [2.24, 2.45) is 5.92 Å². The molecule has 0 bridgehead atoms. The first-order chi connectivity index (χ1) is 14.4. The lowest BCUT2D eigenvalue weighted by Crippen LogP contribution is -2.39. The molecule has 1 heterocycles. The van der Waals surface area contributed by atoms with Gasteiger partial charge in [0.25, 0.3) is 5.91 Å². The fourth-order valence-electron chi connectivity index (χ4n) is 3.80. The zero-order chi connectivity index (χ0) is 21.6. The van der Waals surface area contributed by atoms with Gasteiger partial charge in [-0.3, -0.25) is 4.79 Å². The highest BCUT2D eigenvalue weighted by molar-refractivity contribution is 7.89. The average molecular weight is 433 g/mol. The third-order valence-corrected chi connectivity index (χ3v) is 7.09. The van der Waals surface area contributed by atoms with Crippen LogP contribution in [0.15, 0.2) is 53.4 Å². The second kappa shape index (κ2) is 10.2. The zero-order valence-electron chi connectivity index (χ0n) is 17.3. The van der Waals surface area contributed by atoms with Gasteiger partial charge in [0.2, 0.25) is 10.0 Å². The molecule has 3 rings (SSSR count). The minimum Gasteiger partial charge on any atom is -0.339 e. The van der Waals surface area contributed by atoms with Gasteiger partial charge in [-0.15, -0.1) is 0 Å². The molecule has 0 spiro atoms. The first-order valence-corrected chi connectivity index (χ1v) is 12.0. The lowest BCUT2D eigenvalue weighted by Gasteiger charge is -2.32. The summed E-state index contributed by atoms with van der Waals surface area (Å²) in [5, 5.41) is 0. The van der Waals surface area contributed by atoms with Crippen LogP contribution in [0, 0.1) is 11.7 Å². The Hall–Kier alpha value is -2.25. The Labute approximate surface area is 178 Å². The molecule has 0 aliphatic carbocycles. The minimum absolute atomic E-state index is 0.0827. The Morgan fingerprint density at radius 2 is 1.70 bits per heavy atom. The summed E-state index contributed by atoms with van der Waals surface area (Å²) in [7, 11) is -3.50. The average Bonchev–Trinajstić information content (AvgIpc) is 2.75. The highest BCUT2D eigenvalue weighted by Crippen LogP contribution is 2.22. The van der Waals surface area contributed by atoms with Gasteiger partial charge in [0.15, 0.2) is 0 Å². The Kier molecular flexibility index (Phi) is 7.61. The van der Waals surface area contributed by atoms with Crippen LogP contribution in [0.3, 0.4) is 0 Å². The van der Waals surface area contributed by atoms with Crippen LogP contribution in [0.4, 0.5) is 4.39 Å². The molecule has 1 amide bonds. The summed E-state index contributed by atoms with van der Waals surface area (Å²) < 4.78 is 40.7. The van der Waals surface area contributed by atoms with Gasteiger partial charge >= 0.3 is 0 Å². The first-order valence-electron chi connectivity index (χ1n) is 10.5. The van der Waals surface area contributed by atoms with Crippen molar-refractivity contribution in [3.05, 3.63) is 65.5 Å². The van der Waals surface area contributed by atoms with Crippen molar-refractivity contribution in [1.82, 2.24) is 9.62 Å². The number of nitrogens with zero attached hydrogens (tertiary/aromatic N) is 1. The maximum Gasteiger partial charge on any atom is 0.253 e. The third-order valence-electron chi connectivity index (χ3n) is 5.61. The minimum atomic E-state index is -3.50. The fraction of sp³-hybridized carbons (Fsp3) is 0.435. The van der Waals surface area contributed by atoms with Gasteiger partial charge in [-0.05, 0) is 73.6 Å². The van der Waals surface area contributed by atoms with E-state index in [0.29, 0.717) is 36.0 Å². The molecule has 1 aliphatic rings. The largest absolute Gasteiger partial charge is 0.339 e. The van der Waals surface area contributed by atoms with E-state index in [1.807, 2.05) is 12.1 Å². The first kappa shape index (κ1) is 22.4. The number of aryl methyl sites for hydroxylation is 1. The van der Waals surface area contributed by atoms with Crippen molar-refractivity contribution in [2.75, 3.05) is 19.6 Å². The van der Waals surface area contributed by atoms with E-state index in [9.17, 15) is 17.6 Å². The molecule has 0 atom stereocenters. The molecule has 30 heavy (non-hydrogen) atoms. The highest BCUT2D eigenvalue weighted by Gasteiger charge is 2.24. The Bertz CT molecular complexity index is 935. The molecular formula is C23H29FN2O3S. The molecule has 7 heteroatoms. The van der Waals surface area contributed by atoms with Gasteiger partial charge in [-0.2, -0.15) is 0 Å². The molecule has 162 valence electrons. The molecule has 1 fully saturated rings. The number of benzene rings is 2. The standard InChI is InChI=1S/C23H29FN2O3S/c1-2-3-18-4-10-22(11-5-18)30(28,29)25-15-12-19-13-16-26(17-14-19)23(27)20-6-8-21(24)9-7-20/h4-11,19,25H,2-3,12-17H2,1H3. The predicted molar refractivity (Wildman–Crippen MR) is 115 cm³/mol. The highest BCUT2D eigenvalue weighted by atomic mass is 32.2. The molecule has 2 aromatic rings. The Morgan fingerprint density at radius 1 is 1.07 bits per heavy atom. The van der Waals surface area contributed by atoms with Gasteiger partial charge < -0.3 is 4.90 Å². The van der Waals surface area contributed by atoms with Gasteiger partial charge in [0.1, 0.15) is 5.82 Å². The summed E-state index contributed by atoms with van der Waals surface area (Å²) in [6.07, 6.45) is 4.38. The normalized spacial score (nSPS) is 15.3. The number of carbonyl (C=O) groups excluding carboxylic acids is 1. The quantitative estimate of drug-likeness (QED) is 0.686. The van der Waals surface area contributed by atoms with Crippen molar-refractivity contribution < 1.29 is 17.6 Å². The summed E-state index contributed by atoms with van der Waals surface area (Å²) in [4.78, 5) is 14.6. The van der Waals surface area contributed by atoms with E-state index in [4.69, 9.17) is 0 Å². The number of nitrogens with one attached hydrogen (secondary N) is 1. The van der Waals surface area contributed by atoms with Crippen molar-refractivity contribution >= 4 is 15.9 Å². The summed E-state index contributed by atoms with van der Waals surface area (Å²) >= 11 is 0. The lowest BCUT2D eigenvalue weighted by molar-refractivity contribution is 0.0687. The van der Waals surface area contributed by atoms with E-state index in [1.54, 1.807) is 17.0 Å². The number of hydrogen-bond donors (Lipinski definition) is 1. The Balaban J connectivity index is 1.44. The number of amides is 1. The number of carbonyl (C=O) groups is 1. The lowest BCUT2D eigenvalue weighted by atomic mass is 9.93. The van der Waals surface area contributed by atoms with Gasteiger partial charge in [0, 0.05) is 25.2 Å². The van der Waals surface area contributed by atoms with Crippen molar-refractivity contribution in [1.29, 1.82) is 0 Å². The fourth-order valence-corrected chi connectivity index (χ4v) is 4.85. The van der Waals surface area contributed by atoms with Crippen LogP contribution >= 0.6 is 0 Å². The second-order valence-corrected chi connectivity index (χ2v) is 9.59. The van der Waals surface area contributed by atoms with Crippen molar-refractivity contribution in [3.8, 4) is 0 Å². The van der Waals surface area contributed by atoms with Gasteiger partial charge in [-0.1, -0.05) is 25.5 Å². The summed E-state index contributed by atoms with van der Waals surface area (Å²) in [5.74, 6) is -0.0674. The van der Waals surface area contributed by atoms with E-state index in [0.717, 1.165) is 37.7 Å². The van der Waals surface area contributed by atoms with Crippen molar-refractivity contribution in [3.63, 3.8) is 0 Å². The van der Waals surface area contributed by atoms with Crippen LogP contribution in [0.5, 0.6) is 0 Å². The number of rotatable bonds is 8. The number of halogens is 1. The predicted octanol–water partition coefficient (Wildman–Crippen LogP) is 4.00. The molecule has 0 unspecified atom stereocenters. The van der Waals surface area contributed by atoms with E-state index in [1.165, 1.54) is 24.3 Å². The van der Waals surface area contributed by atoms with E-state index in [-0.39, 0.29) is 11.7 Å². The van der Waals surface area contributed by atoms with Crippen molar-refractivity contribution in [2.45, 2.75) is 43.9 Å². The van der Waals surface area contributed by atoms with Crippen LogP contribution < -0.4 is 4.72 Å². The van der Waals surface area contributed by atoms with E-state index >= 15 is 0 Å². The molecule has 5 nitrogen and oxygen atoms in total. The second-order valence-electron chi connectivity index (χ2n) is 7.82. The van der Waals surface area contributed by atoms with Crippen LogP contribution in [-0.4, -0.2) is 38.9 Å². The smallest absolute Gasteiger partial charge is 0.253 e. The molecule has 0 radical (unpaired) electrons. The van der Waals surface area contributed by atoms with Gasteiger partial charge in [0.05, 0.1) is 4.90 Å². The SMILES string of the molecule is CCCc1ccc(S(=O)(=O)NCCC2CCN(C(=O)c3ccc(F)cc3)CC2)cc1. The maximum atomic E-state index is 13.0. The summed E-state index contributed by atoms with van der Waals surface area (Å²) in [6.45, 7) is 3.74. The number of sulfonamides is 1. The monoisotopic (exact) mass is 432 g/mol. The van der Waals surface area contributed by atoms with E-state index < -0.39 is 10.0 Å². The topological polar surface area (TPSA) is 66.5 Å². The van der Waals surface area contributed by atoms with Gasteiger partial charge in [-0.25, -0.2) is 17.5 Å². The summed E-state index contributed by atoms with van der Waals surface area (Å²) in [5.41, 5.74) is 1.63. The summed E-state index contributed by atoms with van der Waals surface area (Å²) in [6, 6.07) is 12.7. The van der Waals surface area contributed by atoms with Crippen LogP contribution in [0.1, 0.15) is 48.5 Å². The Morgan fingerprint density at radius 3 is 2.30 bits per heavy atom. The third kappa shape index (κ3) is 5.89. The number of piperidine rings is 1. The molecule has 1 aliphatic heterocycles. The van der Waals surface area contributed by atoms with Crippen LogP contribution in [0.2, 0.25) is 0 Å². The molecule has 1 N–H and O–H groups in total. The molecular weight excluding hydrogens is 403 g/mol. The van der Waals surface area contributed by atoms with E-state index in [2.05, 4.69) is 11.6 Å². The molecule has 1 saturated heterocycles. The number of likely N-dealkylation sites (tertiary alicyclic amines) is 1. The van der Waals surface area contributed by atoms with Crippen LogP contribution in [-0.2, 0) is 16.4 Å².